The molecule has 2 aromatic rings. The van der Waals surface area contributed by atoms with E-state index >= 15 is 0 Å². The Morgan fingerprint density at radius 2 is 1.95 bits per heavy atom. The largest absolute Gasteiger partial charge is 0.380 e. The van der Waals surface area contributed by atoms with Crippen LogP contribution in [0.4, 0.5) is 5.69 Å². The fourth-order valence-electron chi connectivity index (χ4n) is 2.66. The van der Waals surface area contributed by atoms with E-state index in [0.717, 1.165) is 16.7 Å². The summed E-state index contributed by atoms with van der Waals surface area (Å²) in [5, 5.41) is 12.3. The third-order valence-electron chi connectivity index (χ3n) is 3.74. The summed E-state index contributed by atoms with van der Waals surface area (Å²) >= 11 is 3.50. The van der Waals surface area contributed by atoms with Crippen molar-refractivity contribution in [3.8, 4) is 6.07 Å². The van der Waals surface area contributed by atoms with Crippen molar-refractivity contribution in [2.45, 2.75) is 25.8 Å². The number of benzene rings is 2. The van der Waals surface area contributed by atoms with Crippen molar-refractivity contribution < 1.29 is 0 Å². The molecular weight excluding hydrogens is 312 g/mol. The minimum Gasteiger partial charge on any atom is -0.380 e. The summed E-state index contributed by atoms with van der Waals surface area (Å²) in [4.78, 5) is 0. The third-order valence-corrected chi connectivity index (χ3v) is 4.40. The quantitative estimate of drug-likeness (QED) is 0.906. The van der Waals surface area contributed by atoms with E-state index in [1.54, 1.807) is 0 Å². The van der Waals surface area contributed by atoms with Crippen LogP contribution in [0.2, 0.25) is 0 Å². The fraction of sp³-hybridized carbons (Fsp3) is 0.235. The standard InChI is InChI=1S/C17H15BrN2/c18-16-9-12(10-19)5-7-17(16)20-11-13-4-6-14-2-1-3-15(14)8-13/h4-9,20H,1-3,11H2. The zero-order valence-corrected chi connectivity index (χ0v) is 12.7. The van der Waals surface area contributed by atoms with Crippen molar-refractivity contribution in [3.63, 3.8) is 0 Å². The van der Waals surface area contributed by atoms with E-state index in [1.165, 1.54) is 36.0 Å². The molecule has 0 amide bonds. The molecule has 0 aliphatic heterocycles. The minimum atomic E-state index is 0.667. The maximum atomic E-state index is 8.86. The summed E-state index contributed by atoms with van der Waals surface area (Å²) in [5.41, 5.74) is 6.00. The molecule has 0 bridgehead atoms. The van der Waals surface area contributed by atoms with Crippen molar-refractivity contribution in [3.05, 3.63) is 63.1 Å². The van der Waals surface area contributed by atoms with Crippen LogP contribution >= 0.6 is 15.9 Å². The second-order valence-corrected chi connectivity index (χ2v) is 5.97. The van der Waals surface area contributed by atoms with Gasteiger partial charge in [-0.3, -0.25) is 0 Å². The number of hydrogen-bond donors (Lipinski definition) is 1. The van der Waals surface area contributed by atoms with Crippen LogP contribution in [0.15, 0.2) is 40.9 Å². The monoisotopic (exact) mass is 326 g/mol. The molecule has 3 rings (SSSR count). The Morgan fingerprint density at radius 1 is 1.10 bits per heavy atom. The normalized spacial score (nSPS) is 12.8. The Balaban J connectivity index is 1.72. The Morgan fingerprint density at radius 3 is 2.75 bits per heavy atom. The molecule has 0 aromatic heterocycles. The van der Waals surface area contributed by atoms with Gasteiger partial charge in [-0.25, -0.2) is 0 Å². The van der Waals surface area contributed by atoms with Crippen molar-refractivity contribution in [1.82, 2.24) is 0 Å². The highest BCUT2D eigenvalue weighted by atomic mass is 79.9. The van der Waals surface area contributed by atoms with Gasteiger partial charge >= 0.3 is 0 Å². The molecule has 1 aliphatic carbocycles. The Bertz CT molecular complexity index is 686. The molecule has 0 unspecified atom stereocenters. The molecule has 0 spiro atoms. The number of fused-ring (bicyclic) bond motifs is 1. The molecule has 2 nitrogen and oxygen atoms in total. The average Bonchev–Trinajstić information content (AvgIpc) is 2.93. The molecule has 0 heterocycles. The first-order valence-electron chi connectivity index (χ1n) is 6.80. The predicted molar refractivity (Wildman–Crippen MR) is 84.7 cm³/mol. The topological polar surface area (TPSA) is 35.8 Å². The van der Waals surface area contributed by atoms with Gasteiger partial charge in [0.15, 0.2) is 0 Å². The van der Waals surface area contributed by atoms with Crippen LogP contribution in [0.5, 0.6) is 0 Å². The van der Waals surface area contributed by atoms with E-state index in [4.69, 9.17) is 5.26 Å². The first-order chi connectivity index (χ1) is 9.76. The van der Waals surface area contributed by atoms with Gasteiger partial charge in [0.1, 0.15) is 0 Å². The smallest absolute Gasteiger partial charge is 0.0992 e. The van der Waals surface area contributed by atoms with Crippen molar-refractivity contribution in [1.29, 1.82) is 5.26 Å². The molecule has 2 aromatic carbocycles. The van der Waals surface area contributed by atoms with E-state index in [9.17, 15) is 0 Å². The molecule has 0 radical (unpaired) electrons. The summed E-state index contributed by atoms with van der Waals surface area (Å²) in [6.45, 7) is 0.803. The lowest BCUT2D eigenvalue weighted by Gasteiger charge is -2.10. The van der Waals surface area contributed by atoms with Crippen molar-refractivity contribution in [2.24, 2.45) is 0 Å². The molecule has 0 saturated carbocycles. The molecule has 0 atom stereocenters. The van der Waals surface area contributed by atoms with Crippen LogP contribution in [-0.2, 0) is 19.4 Å². The summed E-state index contributed by atoms with van der Waals surface area (Å²) < 4.78 is 0.928. The minimum absolute atomic E-state index is 0.667. The van der Waals surface area contributed by atoms with Gasteiger partial charge in [-0.15, -0.1) is 0 Å². The van der Waals surface area contributed by atoms with Gasteiger partial charge in [-0.2, -0.15) is 5.26 Å². The third kappa shape index (κ3) is 2.71. The van der Waals surface area contributed by atoms with Crippen LogP contribution in [0.25, 0.3) is 0 Å². The Labute approximate surface area is 127 Å². The lowest BCUT2D eigenvalue weighted by atomic mass is 10.1. The highest BCUT2D eigenvalue weighted by Gasteiger charge is 2.10. The molecular formula is C17H15BrN2. The SMILES string of the molecule is N#Cc1ccc(NCc2ccc3c(c2)CCC3)c(Br)c1. The fourth-order valence-corrected chi connectivity index (χ4v) is 3.18. The molecule has 20 heavy (non-hydrogen) atoms. The maximum absolute atomic E-state index is 8.86. The molecule has 0 fully saturated rings. The van der Waals surface area contributed by atoms with Gasteiger partial charge in [0, 0.05) is 16.7 Å². The number of aryl methyl sites for hydroxylation is 2. The van der Waals surface area contributed by atoms with E-state index in [-0.39, 0.29) is 0 Å². The molecule has 0 saturated heterocycles. The second-order valence-electron chi connectivity index (χ2n) is 5.12. The predicted octanol–water partition coefficient (Wildman–Crippen LogP) is 4.42. The van der Waals surface area contributed by atoms with Crippen LogP contribution in [0.3, 0.4) is 0 Å². The van der Waals surface area contributed by atoms with Crippen LogP contribution in [0, 0.1) is 11.3 Å². The first-order valence-corrected chi connectivity index (χ1v) is 7.60. The number of nitriles is 1. The summed E-state index contributed by atoms with van der Waals surface area (Å²) in [5.74, 6) is 0. The van der Waals surface area contributed by atoms with Crippen LogP contribution in [-0.4, -0.2) is 0 Å². The number of hydrogen-bond acceptors (Lipinski definition) is 2. The Kier molecular flexibility index (Phi) is 3.75. The molecule has 3 heteroatoms. The van der Waals surface area contributed by atoms with Crippen molar-refractivity contribution >= 4 is 21.6 Å². The molecule has 100 valence electrons. The number of halogens is 1. The van der Waals surface area contributed by atoms with E-state index in [0.29, 0.717) is 5.56 Å². The van der Waals surface area contributed by atoms with Gasteiger partial charge in [0.2, 0.25) is 0 Å². The maximum Gasteiger partial charge on any atom is 0.0992 e. The zero-order valence-electron chi connectivity index (χ0n) is 11.1. The number of nitrogens with zero attached hydrogens (tertiary/aromatic N) is 1. The average molecular weight is 327 g/mol. The highest BCUT2D eigenvalue weighted by Crippen LogP contribution is 2.26. The lowest BCUT2D eigenvalue weighted by molar-refractivity contribution is 0.911. The Hall–Kier alpha value is -1.79. The molecule has 1 N–H and O–H groups in total. The highest BCUT2D eigenvalue weighted by molar-refractivity contribution is 9.10. The van der Waals surface area contributed by atoms with Gasteiger partial charge < -0.3 is 5.32 Å². The number of rotatable bonds is 3. The summed E-state index contributed by atoms with van der Waals surface area (Å²) in [7, 11) is 0. The zero-order chi connectivity index (χ0) is 13.9. The first kappa shape index (κ1) is 13.2. The van der Waals surface area contributed by atoms with E-state index < -0.39 is 0 Å². The van der Waals surface area contributed by atoms with Gasteiger partial charge in [-0.05, 0) is 70.1 Å². The van der Waals surface area contributed by atoms with E-state index in [2.05, 4.69) is 45.5 Å². The van der Waals surface area contributed by atoms with Crippen LogP contribution in [0.1, 0.15) is 28.7 Å². The van der Waals surface area contributed by atoms with Crippen LogP contribution < -0.4 is 5.32 Å². The van der Waals surface area contributed by atoms with Gasteiger partial charge in [0.25, 0.3) is 0 Å². The lowest BCUT2D eigenvalue weighted by Crippen LogP contribution is -2.01. The number of nitrogens with one attached hydrogen (secondary N) is 1. The second kappa shape index (κ2) is 5.68. The van der Waals surface area contributed by atoms with Gasteiger partial charge in [0.05, 0.1) is 11.6 Å². The number of anilines is 1. The van der Waals surface area contributed by atoms with E-state index in [1.807, 2.05) is 18.2 Å². The summed E-state index contributed by atoms with van der Waals surface area (Å²) in [6.07, 6.45) is 3.72. The summed E-state index contributed by atoms with van der Waals surface area (Å²) in [6, 6.07) is 14.5. The van der Waals surface area contributed by atoms with Crippen molar-refractivity contribution in [2.75, 3.05) is 5.32 Å². The van der Waals surface area contributed by atoms with Gasteiger partial charge in [-0.1, -0.05) is 18.2 Å². The molecule has 1 aliphatic rings.